The first-order chi connectivity index (χ1) is 9.79. The second kappa shape index (κ2) is 6.17. The van der Waals surface area contributed by atoms with Gasteiger partial charge in [-0.05, 0) is 64.7 Å². The first kappa shape index (κ1) is 16.0. The molecule has 0 aliphatic rings. The number of hydrogen-bond acceptors (Lipinski definition) is 3. The van der Waals surface area contributed by atoms with Gasteiger partial charge in [-0.1, -0.05) is 18.2 Å². The fourth-order valence-electron chi connectivity index (χ4n) is 2.13. The van der Waals surface area contributed by atoms with Crippen molar-refractivity contribution >= 4 is 31.6 Å². The van der Waals surface area contributed by atoms with Crippen molar-refractivity contribution in [1.29, 1.82) is 0 Å². The van der Waals surface area contributed by atoms with Gasteiger partial charge in [-0.15, -0.1) is 0 Å². The van der Waals surface area contributed by atoms with E-state index >= 15 is 0 Å². The van der Waals surface area contributed by atoms with Gasteiger partial charge in [0.2, 0.25) is 10.0 Å². The fourth-order valence-corrected chi connectivity index (χ4v) is 3.34. The molecule has 0 aliphatic heterocycles. The Bertz CT molecular complexity index is 753. The second-order valence-electron chi connectivity index (χ2n) is 4.91. The molecule has 0 heterocycles. The summed E-state index contributed by atoms with van der Waals surface area (Å²) in [7, 11) is -3.68. The van der Waals surface area contributed by atoms with Crippen molar-refractivity contribution in [2.75, 3.05) is 5.32 Å². The van der Waals surface area contributed by atoms with Crippen molar-refractivity contribution in [2.24, 2.45) is 5.14 Å². The summed E-state index contributed by atoms with van der Waals surface area (Å²) in [6.45, 7) is 4.82. The van der Waals surface area contributed by atoms with Crippen LogP contribution in [-0.4, -0.2) is 8.42 Å². The van der Waals surface area contributed by atoms with Crippen LogP contribution >= 0.6 is 15.9 Å². The van der Waals surface area contributed by atoms with Gasteiger partial charge >= 0.3 is 0 Å². The van der Waals surface area contributed by atoms with E-state index in [9.17, 15) is 8.42 Å². The molecule has 2 aromatic carbocycles. The number of anilines is 1. The summed E-state index contributed by atoms with van der Waals surface area (Å²) in [6.07, 6.45) is 0. The molecule has 0 aromatic heterocycles. The molecule has 0 aliphatic carbocycles. The maximum atomic E-state index is 11.3. The molecule has 0 amide bonds. The van der Waals surface area contributed by atoms with Gasteiger partial charge in [0.1, 0.15) is 0 Å². The van der Waals surface area contributed by atoms with Crippen LogP contribution in [0.1, 0.15) is 16.7 Å². The fraction of sp³-hybridized carbons (Fsp3) is 0.200. The van der Waals surface area contributed by atoms with Gasteiger partial charge in [0.25, 0.3) is 0 Å². The Morgan fingerprint density at radius 2 is 1.76 bits per heavy atom. The number of sulfonamides is 1. The van der Waals surface area contributed by atoms with Crippen LogP contribution in [0.2, 0.25) is 0 Å². The van der Waals surface area contributed by atoms with E-state index in [1.165, 1.54) is 28.8 Å². The second-order valence-corrected chi connectivity index (χ2v) is 7.33. The zero-order valence-corrected chi connectivity index (χ0v) is 14.3. The van der Waals surface area contributed by atoms with Crippen molar-refractivity contribution in [3.8, 4) is 0 Å². The molecule has 0 atom stereocenters. The molecule has 4 nitrogen and oxygen atoms in total. The highest BCUT2D eigenvalue weighted by molar-refractivity contribution is 9.10. The largest absolute Gasteiger partial charge is 0.380 e. The molecular formula is C15H17BrN2O2S. The number of rotatable bonds is 4. The normalized spacial score (nSPS) is 11.4. The van der Waals surface area contributed by atoms with Crippen molar-refractivity contribution in [3.05, 3.63) is 57.6 Å². The molecule has 0 spiro atoms. The summed E-state index contributed by atoms with van der Waals surface area (Å²) in [6, 6.07) is 10.9. The Labute approximate surface area is 133 Å². The van der Waals surface area contributed by atoms with Crippen LogP contribution in [0.15, 0.2) is 45.8 Å². The zero-order chi connectivity index (χ0) is 15.6. The molecule has 2 aromatic rings. The number of benzene rings is 2. The number of hydrogen-bond donors (Lipinski definition) is 2. The Balaban J connectivity index is 2.22. The summed E-state index contributed by atoms with van der Waals surface area (Å²) < 4.78 is 23.3. The molecule has 6 heteroatoms. The molecule has 3 N–H and O–H groups in total. The summed E-state index contributed by atoms with van der Waals surface area (Å²) in [5, 5.41) is 8.42. The van der Waals surface area contributed by atoms with Gasteiger partial charge in [0.05, 0.1) is 4.90 Å². The highest BCUT2D eigenvalue weighted by Gasteiger charge is 2.10. The van der Waals surface area contributed by atoms with Gasteiger partial charge in [-0.25, -0.2) is 13.6 Å². The SMILES string of the molecule is Cc1cccc(C)c1CNc1ccc(S(N)(=O)=O)cc1Br. The molecule has 0 saturated heterocycles. The highest BCUT2D eigenvalue weighted by atomic mass is 79.9. The van der Waals surface area contributed by atoms with Crippen LogP contribution in [0.5, 0.6) is 0 Å². The van der Waals surface area contributed by atoms with Crippen LogP contribution in [0.4, 0.5) is 5.69 Å². The predicted molar refractivity (Wildman–Crippen MR) is 88.8 cm³/mol. The average molecular weight is 369 g/mol. The van der Waals surface area contributed by atoms with Gasteiger partial charge in [-0.2, -0.15) is 0 Å². The Morgan fingerprint density at radius 3 is 2.29 bits per heavy atom. The van der Waals surface area contributed by atoms with E-state index in [2.05, 4.69) is 47.2 Å². The Hall–Kier alpha value is -1.37. The maximum Gasteiger partial charge on any atom is 0.238 e. The van der Waals surface area contributed by atoms with Crippen molar-refractivity contribution < 1.29 is 8.42 Å². The van der Waals surface area contributed by atoms with Crippen molar-refractivity contribution in [1.82, 2.24) is 0 Å². The quantitative estimate of drug-likeness (QED) is 0.869. The topological polar surface area (TPSA) is 72.2 Å². The monoisotopic (exact) mass is 368 g/mol. The average Bonchev–Trinajstić information content (AvgIpc) is 2.38. The zero-order valence-electron chi connectivity index (χ0n) is 11.9. The van der Waals surface area contributed by atoms with Crippen LogP contribution < -0.4 is 10.5 Å². The van der Waals surface area contributed by atoms with Crippen molar-refractivity contribution in [3.63, 3.8) is 0 Å². The van der Waals surface area contributed by atoms with Gasteiger partial charge in [0.15, 0.2) is 0 Å². The molecule has 0 bridgehead atoms. The minimum Gasteiger partial charge on any atom is -0.380 e. The smallest absolute Gasteiger partial charge is 0.238 e. The minimum absolute atomic E-state index is 0.0898. The summed E-state index contributed by atoms with van der Waals surface area (Å²) in [5.41, 5.74) is 4.50. The third-order valence-electron chi connectivity index (χ3n) is 3.37. The van der Waals surface area contributed by atoms with E-state index in [-0.39, 0.29) is 4.90 Å². The summed E-state index contributed by atoms with van der Waals surface area (Å²) in [4.78, 5) is 0.0898. The maximum absolute atomic E-state index is 11.3. The van der Waals surface area contributed by atoms with E-state index in [0.29, 0.717) is 11.0 Å². The van der Waals surface area contributed by atoms with Gasteiger partial charge in [0, 0.05) is 16.7 Å². The lowest BCUT2D eigenvalue weighted by molar-refractivity contribution is 0.598. The molecule has 0 radical (unpaired) electrons. The Morgan fingerprint density at radius 1 is 1.14 bits per heavy atom. The van der Waals surface area contributed by atoms with Gasteiger partial charge in [-0.3, -0.25) is 0 Å². The van der Waals surface area contributed by atoms with Crippen LogP contribution in [0.25, 0.3) is 0 Å². The van der Waals surface area contributed by atoms with Crippen LogP contribution in [0.3, 0.4) is 0 Å². The number of nitrogens with two attached hydrogens (primary N) is 1. The van der Waals surface area contributed by atoms with Gasteiger partial charge < -0.3 is 5.32 Å². The molecule has 21 heavy (non-hydrogen) atoms. The Kier molecular flexibility index (Phi) is 4.70. The molecule has 0 fully saturated rings. The molecule has 2 rings (SSSR count). The molecule has 0 saturated carbocycles. The predicted octanol–water partition coefficient (Wildman–Crippen LogP) is 3.33. The highest BCUT2D eigenvalue weighted by Crippen LogP contribution is 2.26. The van der Waals surface area contributed by atoms with Crippen LogP contribution in [-0.2, 0) is 16.6 Å². The van der Waals surface area contributed by atoms with E-state index in [4.69, 9.17) is 5.14 Å². The number of aryl methyl sites for hydroxylation is 2. The lowest BCUT2D eigenvalue weighted by Crippen LogP contribution is -2.12. The minimum atomic E-state index is -3.68. The number of primary sulfonamides is 1. The van der Waals surface area contributed by atoms with E-state index in [1.807, 2.05) is 6.07 Å². The third kappa shape index (κ3) is 3.84. The van der Waals surface area contributed by atoms with E-state index in [0.717, 1.165) is 5.69 Å². The van der Waals surface area contributed by atoms with Crippen molar-refractivity contribution in [2.45, 2.75) is 25.3 Å². The van der Waals surface area contributed by atoms with Crippen LogP contribution in [0, 0.1) is 13.8 Å². The summed E-state index contributed by atoms with van der Waals surface area (Å²) >= 11 is 3.37. The summed E-state index contributed by atoms with van der Waals surface area (Å²) in [5.74, 6) is 0. The first-order valence-electron chi connectivity index (χ1n) is 6.40. The van der Waals surface area contributed by atoms with E-state index < -0.39 is 10.0 Å². The number of halogens is 1. The standard InChI is InChI=1S/C15H17BrN2O2S/c1-10-4-3-5-11(2)13(10)9-18-15-7-6-12(8-14(15)16)21(17,19)20/h3-8,18H,9H2,1-2H3,(H2,17,19,20). The lowest BCUT2D eigenvalue weighted by Gasteiger charge is -2.13. The first-order valence-corrected chi connectivity index (χ1v) is 8.74. The molecular weight excluding hydrogens is 352 g/mol. The van der Waals surface area contributed by atoms with E-state index in [1.54, 1.807) is 6.07 Å². The third-order valence-corrected chi connectivity index (χ3v) is 4.94. The molecule has 112 valence electrons. The number of nitrogens with one attached hydrogen (secondary N) is 1. The molecule has 0 unspecified atom stereocenters. The lowest BCUT2D eigenvalue weighted by atomic mass is 10.0.